The van der Waals surface area contributed by atoms with Crippen molar-refractivity contribution >= 4 is 7.60 Å². The zero-order chi connectivity index (χ0) is 18.4. The van der Waals surface area contributed by atoms with Crippen LogP contribution in [0, 0.1) is 5.82 Å². The molecule has 4 N–H and O–H groups in total. The number of ether oxygens (including phenoxy) is 2. The highest BCUT2D eigenvalue weighted by Crippen LogP contribution is 2.34. The van der Waals surface area contributed by atoms with E-state index in [4.69, 9.17) is 24.4 Å². The van der Waals surface area contributed by atoms with E-state index in [9.17, 15) is 13.8 Å². The average molecular weight is 374 g/mol. The largest absolute Gasteiger partial charge is 0.475 e. The van der Waals surface area contributed by atoms with Gasteiger partial charge in [-0.3, -0.25) is 9.36 Å². The van der Waals surface area contributed by atoms with Crippen LogP contribution in [0.15, 0.2) is 35.1 Å². The molecule has 2 aromatic rings. The molecule has 1 heterocycles. The van der Waals surface area contributed by atoms with Crippen LogP contribution in [0.4, 0.5) is 4.39 Å². The number of hydrogen-bond acceptors (Lipinski definition) is 6. The van der Waals surface area contributed by atoms with Crippen LogP contribution in [-0.2, 0) is 9.30 Å². The van der Waals surface area contributed by atoms with Gasteiger partial charge in [0.1, 0.15) is 30.7 Å². The molecule has 0 amide bonds. The van der Waals surface area contributed by atoms with Gasteiger partial charge in [0.05, 0.1) is 12.7 Å². The van der Waals surface area contributed by atoms with Crippen molar-refractivity contribution < 1.29 is 33.3 Å². The first kappa shape index (κ1) is 19.2. The van der Waals surface area contributed by atoms with Crippen molar-refractivity contribution in [3.8, 4) is 17.3 Å². The average Bonchev–Trinajstić information content (AvgIpc) is 2.54. The van der Waals surface area contributed by atoms with Gasteiger partial charge in [-0.15, -0.1) is 0 Å². The van der Waals surface area contributed by atoms with E-state index in [-0.39, 0.29) is 18.3 Å². The first-order valence-electron chi connectivity index (χ1n) is 7.04. The van der Waals surface area contributed by atoms with Crippen molar-refractivity contribution in [2.24, 2.45) is 0 Å². The Hall–Kier alpha value is -2.10. The molecular weight excluding hydrogens is 358 g/mol. The molecule has 0 aliphatic heterocycles. The molecule has 136 valence electrons. The molecule has 1 aromatic heterocycles. The van der Waals surface area contributed by atoms with E-state index in [0.717, 1.165) is 6.07 Å². The summed E-state index contributed by atoms with van der Waals surface area (Å²) in [6.07, 6.45) is -1.88. The van der Waals surface area contributed by atoms with Crippen molar-refractivity contribution in [1.29, 1.82) is 0 Å². The summed E-state index contributed by atoms with van der Waals surface area (Å²) in [4.78, 5) is 35.7. The summed E-state index contributed by atoms with van der Waals surface area (Å²) in [6, 6.07) is 6.33. The number of hydrogen-bond donors (Lipinski definition) is 4. The van der Waals surface area contributed by atoms with Crippen LogP contribution in [0.5, 0.6) is 5.88 Å². The topological polar surface area (TPSA) is 142 Å². The minimum atomic E-state index is -4.38. The Labute approximate surface area is 141 Å². The Morgan fingerprint density at radius 1 is 1.28 bits per heavy atom. The molecule has 0 unspecified atom stereocenters. The quantitative estimate of drug-likeness (QED) is 0.489. The van der Waals surface area contributed by atoms with Gasteiger partial charge in [0.2, 0.25) is 5.88 Å². The summed E-state index contributed by atoms with van der Waals surface area (Å²) >= 11 is 0. The monoisotopic (exact) mass is 374 g/mol. The molecule has 9 nitrogen and oxygen atoms in total. The van der Waals surface area contributed by atoms with E-state index >= 15 is 0 Å². The molecule has 0 bridgehead atoms. The number of aromatic nitrogens is 2. The molecule has 0 fully saturated rings. The Balaban J connectivity index is 2.08. The maximum atomic E-state index is 13.0. The van der Waals surface area contributed by atoms with Gasteiger partial charge in [-0.1, -0.05) is 0 Å². The van der Waals surface area contributed by atoms with Crippen molar-refractivity contribution in [2.45, 2.75) is 6.10 Å². The summed E-state index contributed by atoms with van der Waals surface area (Å²) in [6.45, 7) is -0.830. The van der Waals surface area contributed by atoms with Gasteiger partial charge >= 0.3 is 7.60 Å². The van der Waals surface area contributed by atoms with Gasteiger partial charge in [-0.2, -0.15) is 4.98 Å². The van der Waals surface area contributed by atoms with Gasteiger partial charge in [0.25, 0.3) is 5.56 Å². The molecule has 0 aliphatic carbocycles. The highest BCUT2D eigenvalue weighted by atomic mass is 31.2. The number of rotatable bonds is 8. The van der Waals surface area contributed by atoms with E-state index < -0.39 is 38.0 Å². The summed E-state index contributed by atoms with van der Waals surface area (Å²) < 4.78 is 33.8. The zero-order valence-corrected chi connectivity index (χ0v) is 13.7. The fraction of sp³-hybridized carbons (Fsp3) is 0.286. The summed E-state index contributed by atoms with van der Waals surface area (Å²) in [5.41, 5.74) is -0.0542. The SMILES string of the molecule is O=c1cc(OC[C@@H](CO)OCP(=O)(O)O)nc(-c2ccc(F)cc2)[nH]1. The molecule has 0 spiro atoms. The summed E-state index contributed by atoms with van der Waals surface area (Å²) in [5, 5.41) is 9.13. The lowest BCUT2D eigenvalue weighted by Gasteiger charge is -2.16. The third-order valence-electron chi connectivity index (χ3n) is 2.93. The van der Waals surface area contributed by atoms with Crippen molar-refractivity contribution in [3.05, 3.63) is 46.5 Å². The molecular formula is C14H16FN2O7P. The van der Waals surface area contributed by atoms with Crippen LogP contribution < -0.4 is 10.3 Å². The molecule has 25 heavy (non-hydrogen) atoms. The molecule has 0 radical (unpaired) electrons. The summed E-state index contributed by atoms with van der Waals surface area (Å²) in [5.74, 6) is -0.369. The van der Waals surface area contributed by atoms with Crippen molar-refractivity contribution in [2.75, 3.05) is 19.6 Å². The van der Waals surface area contributed by atoms with Crippen LogP contribution >= 0.6 is 7.60 Å². The Morgan fingerprint density at radius 3 is 2.56 bits per heavy atom. The number of nitrogens with one attached hydrogen (secondary N) is 1. The Morgan fingerprint density at radius 2 is 1.96 bits per heavy atom. The fourth-order valence-corrected chi connectivity index (χ4v) is 2.19. The van der Waals surface area contributed by atoms with E-state index in [0.29, 0.717) is 5.56 Å². The number of benzene rings is 1. The van der Waals surface area contributed by atoms with E-state index in [1.807, 2.05) is 0 Å². The Bertz CT molecular complexity index is 806. The number of halogens is 1. The standard InChI is InChI=1S/C14H16FN2O7P/c15-10-3-1-9(2-4-10)14-16-12(19)5-13(17-14)23-7-11(6-18)24-8-25(20,21)22/h1-5,11,18H,6-8H2,(H,16,17,19)(H2,20,21,22)/t11-/m1/s1. The van der Waals surface area contributed by atoms with Crippen LogP contribution in [0.25, 0.3) is 11.4 Å². The third kappa shape index (κ3) is 6.37. The minimum Gasteiger partial charge on any atom is -0.475 e. The van der Waals surface area contributed by atoms with Crippen molar-refractivity contribution in [1.82, 2.24) is 9.97 Å². The zero-order valence-electron chi connectivity index (χ0n) is 12.8. The first-order chi connectivity index (χ1) is 11.8. The number of H-pyrrole nitrogens is 1. The third-order valence-corrected chi connectivity index (χ3v) is 3.42. The molecule has 0 saturated carbocycles. The fourth-order valence-electron chi connectivity index (χ4n) is 1.79. The number of aliphatic hydroxyl groups excluding tert-OH is 1. The molecule has 2 rings (SSSR count). The molecule has 0 saturated heterocycles. The lowest BCUT2D eigenvalue weighted by atomic mass is 10.2. The lowest BCUT2D eigenvalue weighted by Crippen LogP contribution is -2.26. The molecule has 1 atom stereocenters. The van der Waals surface area contributed by atoms with Crippen LogP contribution in [-0.4, -0.2) is 50.5 Å². The number of nitrogens with zero attached hydrogens (tertiary/aromatic N) is 1. The van der Waals surface area contributed by atoms with Crippen molar-refractivity contribution in [3.63, 3.8) is 0 Å². The Kier molecular flexibility index (Phi) is 6.40. The van der Waals surface area contributed by atoms with E-state index in [1.54, 1.807) is 0 Å². The maximum absolute atomic E-state index is 13.0. The highest BCUT2D eigenvalue weighted by molar-refractivity contribution is 7.51. The number of aromatic amines is 1. The second kappa shape index (κ2) is 8.32. The molecule has 1 aromatic carbocycles. The van der Waals surface area contributed by atoms with Gasteiger partial charge in [0, 0.05) is 5.56 Å². The predicted molar refractivity (Wildman–Crippen MR) is 84.6 cm³/mol. The second-order valence-electron chi connectivity index (χ2n) is 5.02. The molecule has 11 heteroatoms. The van der Waals surface area contributed by atoms with E-state index in [1.165, 1.54) is 24.3 Å². The first-order valence-corrected chi connectivity index (χ1v) is 8.84. The number of aliphatic hydroxyl groups is 1. The van der Waals surface area contributed by atoms with Crippen LogP contribution in [0.2, 0.25) is 0 Å². The maximum Gasteiger partial charge on any atom is 0.350 e. The van der Waals surface area contributed by atoms with Crippen LogP contribution in [0.3, 0.4) is 0 Å². The highest BCUT2D eigenvalue weighted by Gasteiger charge is 2.18. The van der Waals surface area contributed by atoms with Crippen LogP contribution in [0.1, 0.15) is 0 Å². The molecule has 0 aliphatic rings. The van der Waals surface area contributed by atoms with Gasteiger partial charge in [-0.25, -0.2) is 4.39 Å². The van der Waals surface area contributed by atoms with Gasteiger partial charge in [-0.05, 0) is 24.3 Å². The summed E-state index contributed by atoms with van der Waals surface area (Å²) in [7, 11) is -4.38. The lowest BCUT2D eigenvalue weighted by molar-refractivity contribution is 0.000461. The predicted octanol–water partition coefficient (Wildman–Crippen LogP) is 0.468. The second-order valence-corrected chi connectivity index (χ2v) is 6.60. The van der Waals surface area contributed by atoms with E-state index in [2.05, 4.69) is 9.97 Å². The normalized spacial score (nSPS) is 12.8. The van der Waals surface area contributed by atoms with Gasteiger partial charge in [0.15, 0.2) is 0 Å². The minimum absolute atomic E-state index is 0.0821. The smallest absolute Gasteiger partial charge is 0.350 e. The van der Waals surface area contributed by atoms with Gasteiger partial charge < -0.3 is 29.4 Å².